The van der Waals surface area contributed by atoms with Crippen LogP contribution < -0.4 is 0 Å². The largest absolute Gasteiger partial charge is 0.411 e. The zero-order valence-corrected chi connectivity index (χ0v) is 16.3. The van der Waals surface area contributed by atoms with Gasteiger partial charge in [-0.1, -0.05) is 41.6 Å². The summed E-state index contributed by atoms with van der Waals surface area (Å²) < 4.78 is 0. The Bertz CT molecular complexity index is 918. The highest BCUT2D eigenvalue weighted by Gasteiger charge is 2.56. The first kappa shape index (κ1) is 17.0. The van der Waals surface area contributed by atoms with E-state index in [1.54, 1.807) is 11.1 Å². The van der Waals surface area contributed by atoms with Gasteiger partial charge in [0.15, 0.2) is 0 Å². The first-order valence-electron chi connectivity index (χ1n) is 10.2. The lowest BCUT2D eigenvalue weighted by molar-refractivity contribution is 0.190. The van der Waals surface area contributed by atoms with Gasteiger partial charge in [0, 0.05) is 13.1 Å². The molecule has 0 aromatic heterocycles. The van der Waals surface area contributed by atoms with Crippen LogP contribution in [0.1, 0.15) is 48.8 Å². The van der Waals surface area contributed by atoms with Crippen molar-refractivity contribution in [2.75, 3.05) is 20.1 Å². The molecule has 3 nitrogen and oxygen atoms in total. The summed E-state index contributed by atoms with van der Waals surface area (Å²) in [5.74, 6) is 1.65. The van der Waals surface area contributed by atoms with E-state index >= 15 is 0 Å². The molecule has 5 rings (SSSR count). The fourth-order valence-corrected chi connectivity index (χ4v) is 6.30. The minimum atomic E-state index is 0.540. The summed E-state index contributed by atoms with van der Waals surface area (Å²) in [6, 6.07) is 15.4. The van der Waals surface area contributed by atoms with Crippen LogP contribution in [0, 0.1) is 11.3 Å². The van der Waals surface area contributed by atoms with Crippen molar-refractivity contribution in [1.29, 1.82) is 0 Å². The topological polar surface area (TPSA) is 35.8 Å². The molecule has 2 fully saturated rings. The van der Waals surface area contributed by atoms with Crippen molar-refractivity contribution in [2.45, 2.75) is 38.5 Å². The first-order valence-corrected chi connectivity index (χ1v) is 10.2. The predicted molar refractivity (Wildman–Crippen MR) is 110 cm³/mol. The number of hydrogen-bond acceptors (Lipinski definition) is 3. The fraction of sp³-hybridized carbons (Fsp3) is 0.458. The van der Waals surface area contributed by atoms with Crippen molar-refractivity contribution < 1.29 is 5.21 Å². The lowest BCUT2D eigenvalue weighted by Crippen LogP contribution is -2.36. The molecule has 0 bridgehead atoms. The van der Waals surface area contributed by atoms with E-state index in [4.69, 9.17) is 5.21 Å². The van der Waals surface area contributed by atoms with Crippen LogP contribution in [0.3, 0.4) is 0 Å². The van der Waals surface area contributed by atoms with Crippen LogP contribution in [0.15, 0.2) is 47.6 Å². The van der Waals surface area contributed by atoms with Crippen LogP contribution in [0.2, 0.25) is 0 Å². The molecule has 1 heterocycles. The summed E-state index contributed by atoms with van der Waals surface area (Å²) in [5, 5.41) is 12.4. The van der Waals surface area contributed by atoms with Crippen LogP contribution >= 0.6 is 0 Å². The molecule has 3 heteroatoms. The van der Waals surface area contributed by atoms with Crippen molar-refractivity contribution >= 4 is 5.71 Å². The minimum Gasteiger partial charge on any atom is -0.411 e. The van der Waals surface area contributed by atoms with Crippen molar-refractivity contribution in [2.24, 2.45) is 16.5 Å². The normalized spacial score (nSPS) is 30.1. The smallest absolute Gasteiger partial charge is 0.0837 e. The molecule has 1 saturated carbocycles. The third-order valence-electron chi connectivity index (χ3n) is 7.55. The Morgan fingerprint density at radius 1 is 1.15 bits per heavy atom. The predicted octanol–water partition coefficient (Wildman–Crippen LogP) is 4.92. The molecule has 2 aromatic carbocycles. The van der Waals surface area contributed by atoms with Crippen molar-refractivity contribution in [3.8, 4) is 11.1 Å². The summed E-state index contributed by atoms with van der Waals surface area (Å²) in [6.07, 6.45) is 5.32. The van der Waals surface area contributed by atoms with Gasteiger partial charge in [0.2, 0.25) is 0 Å². The number of rotatable bonds is 2. The maximum Gasteiger partial charge on any atom is 0.0837 e. The van der Waals surface area contributed by atoms with E-state index in [0.717, 1.165) is 17.4 Å². The van der Waals surface area contributed by atoms with Gasteiger partial charge in [0.25, 0.3) is 0 Å². The molecule has 2 aliphatic carbocycles. The van der Waals surface area contributed by atoms with Gasteiger partial charge in [-0.25, -0.2) is 0 Å². The van der Waals surface area contributed by atoms with Gasteiger partial charge in [0.1, 0.15) is 0 Å². The second-order valence-corrected chi connectivity index (χ2v) is 8.94. The summed E-state index contributed by atoms with van der Waals surface area (Å²) >= 11 is 0. The zero-order valence-electron chi connectivity index (χ0n) is 16.3. The van der Waals surface area contributed by atoms with E-state index in [-0.39, 0.29) is 0 Å². The molecule has 0 radical (unpaired) electrons. The van der Waals surface area contributed by atoms with Gasteiger partial charge in [-0.2, -0.15) is 0 Å². The van der Waals surface area contributed by atoms with E-state index in [1.807, 2.05) is 19.1 Å². The number of nitrogens with zero attached hydrogens (tertiary/aromatic N) is 2. The molecule has 3 atom stereocenters. The van der Waals surface area contributed by atoms with Crippen LogP contribution in [0.5, 0.6) is 0 Å². The number of benzene rings is 2. The average molecular weight is 361 g/mol. The lowest BCUT2D eigenvalue weighted by Gasteiger charge is -2.41. The highest BCUT2D eigenvalue weighted by atomic mass is 16.4. The molecule has 27 heavy (non-hydrogen) atoms. The number of aryl methyl sites for hydroxylation is 1. The van der Waals surface area contributed by atoms with Crippen molar-refractivity contribution in [3.05, 3.63) is 59.2 Å². The number of fused-ring (bicyclic) bond motifs is 2. The van der Waals surface area contributed by atoms with Crippen LogP contribution in [-0.4, -0.2) is 36.0 Å². The number of likely N-dealkylation sites (tertiary alicyclic amines) is 1. The van der Waals surface area contributed by atoms with Crippen molar-refractivity contribution in [1.82, 2.24) is 4.90 Å². The van der Waals surface area contributed by atoms with Gasteiger partial charge < -0.3 is 10.1 Å². The van der Waals surface area contributed by atoms with E-state index in [2.05, 4.69) is 47.4 Å². The molecule has 1 spiro atoms. The number of oxime groups is 1. The first-order chi connectivity index (χ1) is 13.1. The average Bonchev–Trinajstić information content (AvgIpc) is 3.20. The van der Waals surface area contributed by atoms with Gasteiger partial charge in [-0.3, -0.25) is 0 Å². The molecule has 1 saturated heterocycles. The van der Waals surface area contributed by atoms with E-state index in [1.165, 1.54) is 49.9 Å². The Morgan fingerprint density at radius 2 is 2.00 bits per heavy atom. The molecule has 3 aliphatic rings. The van der Waals surface area contributed by atoms with Crippen LogP contribution in [0.25, 0.3) is 11.1 Å². The molecule has 140 valence electrons. The maximum atomic E-state index is 9.07. The zero-order chi connectivity index (χ0) is 18.6. The molecule has 0 amide bonds. The van der Waals surface area contributed by atoms with Gasteiger partial charge in [-0.15, -0.1) is 0 Å². The Labute approximate surface area is 161 Å². The van der Waals surface area contributed by atoms with E-state index < -0.39 is 0 Å². The van der Waals surface area contributed by atoms with Crippen LogP contribution in [0.4, 0.5) is 0 Å². The van der Waals surface area contributed by atoms with Gasteiger partial charge in [0.05, 0.1) is 5.71 Å². The van der Waals surface area contributed by atoms with Gasteiger partial charge >= 0.3 is 0 Å². The number of hydrogen-bond donors (Lipinski definition) is 1. The second-order valence-electron chi connectivity index (χ2n) is 8.94. The fourth-order valence-electron chi connectivity index (χ4n) is 6.30. The molecular formula is C24H28N2O. The standard InChI is InChI=1S/C24H28N2O/c1-16(25-27)17-4-3-5-18(12-17)19-6-8-22-20(13-19)10-11-24-15-26(2)14-21(24)7-9-23(22)24/h3-6,8,12-13,21,23,27H,7,9-11,14-15H2,1-2H3/b25-16+/t21-,23-,24?/m1/s1. The van der Waals surface area contributed by atoms with E-state index in [0.29, 0.717) is 11.1 Å². The molecule has 1 unspecified atom stereocenters. The Kier molecular flexibility index (Phi) is 3.90. The monoisotopic (exact) mass is 360 g/mol. The van der Waals surface area contributed by atoms with Crippen molar-refractivity contribution in [3.63, 3.8) is 0 Å². The SMILES string of the molecule is C/C(=N\O)c1cccc(-c2ccc3c(c2)CCC24CN(C)C[C@H]2CC[C@H]34)c1. The second kappa shape index (κ2) is 6.20. The maximum absolute atomic E-state index is 9.07. The Morgan fingerprint density at radius 3 is 2.85 bits per heavy atom. The van der Waals surface area contributed by atoms with E-state index in [9.17, 15) is 0 Å². The highest BCUT2D eigenvalue weighted by molar-refractivity contribution is 5.99. The third-order valence-corrected chi connectivity index (χ3v) is 7.55. The summed E-state index contributed by atoms with van der Waals surface area (Å²) in [4.78, 5) is 2.56. The summed E-state index contributed by atoms with van der Waals surface area (Å²) in [6.45, 7) is 4.41. The molecule has 2 aromatic rings. The minimum absolute atomic E-state index is 0.540. The third kappa shape index (κ3) is 2.55. The Balaban J connectivity index is 1.51. The lowest BCUT2D eigenvalue weighted by atomic mass is 9.63. The van der Waals surface area contributed by atoms with Gasteiger partial charge in [-0.05, 0) is 90.8 Å². The molecule has 1 N–H and O–H groups in total. The Hall–Kier alpha value is -2.13. The summed E-state index contributed by atoms with van der Waals surface area (Å²) in [7, 11) is 2.30. The van der Waals surface area contributed by atoms with Crippen LogP contribution in [-0.2, 0) is 6.42 Å². The quantitative estimate of drug-likeness (QED) is 0.469. The summed E-state index contributed by atoms with van der Waals surface area (Å²) in [5.41, 5.74) is 7.80. The molecular weight excluding hydrogens is 332 g/mol. The highest BCUT2D eigenvalue weighted by Crippen LogP contribution is 2.61. The molecule has 1 aliphatic heterocycles.